The Morgan fingerprint density at radius 2 is 1.52 bits per heavy atom. The Labute approximate surface area is 167 Å². The molecule has 29 heavy (non-hydrogen) atoms. The maximum Gasteiger partial charge on any atom is 0.0949 e. The van der Waals surface area contributed by atoms with Gasteiger partial charge in [-0.25, -0.2) is 0 Å². The fourth-order valence-corrected chi connectivity index (χ4v) is 4.43. The van der Waals surface area contributed by atoms with Crippen molar-refractivity contribution in [3.05, 3.63) is 90.6 Å². The summed E-state index contributed by atoms with van der Waals surface area (Å²) in [6.45, 7) is 0.0335. The number of fused-ring (bicyclic) bond motifs is 6. The standard InChI is InChI=1S/C26H18N2O/c29-15-16-9-10-21-22-11-12-27-25(26(22)28-24(21)13-16)23-14-17-5-1-2-6-18(17)19-7-3-4-8-20(19)23/h1-14,28-29H,15H2. The molecule has 0 atom stereocenters. The number of aliphatic hydroxyl groups excluding tert-OH is 1. The van der Waals surface area contributed by atoms with Crippen LogP contribution in [0.4, 0.5) is 0 Å². The molecule has 0 bridgehead atoms. The van der Waals surface area contributed by atoms with Gasteiger partial charge in [-0.15, -0.1) is 0 Å². The molecule has 2 N–H and O–H groups in total. The monoisotopic (exact) mass is 374 g/mol. The number of rotatable bonds is 2. The summed E-state index contributed by atoms with van der Waals surface area (Å²) in [6.07, 6.45) is 1.88. The predicted molar refractivity (Wildman–Crippen MR) is 120 cm³/mol. The van der Waals surface area contributed by atoms with Crippen LogP contribution in [0.25, 0.3) is 54.6 Å². The summed E-state index contributed by atoms with van der Waals surface area (Å²) in [7, 11) is 0. The van der Waals surface area contributed by atoms with E-state index in [9.17, 15) is 5.11 Å². The fraction of sp³-hybridized carbons (Fsp3) is 0.0385. The van der Waals surface area contributed by atoms with Crippen LogP contribution < -0.4 is 0 Å². The van der Waals surface area contributed by atoms with Crippen molar-refractivity contribution in [2.45, 2.75) is 6.61 Å². The van der Waals surface area contributed by atoms with Crippen LogP contribution in [0.2, 0.25) is 0 Å². The van der Waals surface area contributed by atoms with E-state index in [2.05, 4.69) is 71.7 Å². The van der Waals surface area contributed by atoms with E-state index in [1.165, 1.54) is 21.5 Å². The van der Waals surface area contributed by atoms with Crippen LogP contribution in [0.1, 0.15) is 5.56 Å². The second-order valence-corrected chi connectivity index (χ2v) is 7.44. The first-order valence-corrected chi connectivity index (χ1v) is 9.74. The van der Waals surface area contributed by atoms with Gasteiger partial charge < -0.3 is 10.1 Å². The van der Waals surface area contributed by atoms with Crippen molar-refractivity contribution in [1.29, 1.82) is 0 Å². The molecular weight excluding hydrogens is 356 g/mol. The van der Waals surface area contributed by atoms with Crippen molar-refractivity contribution in [3.63, 3.8) is 0 Å². The Morgan fingerprint density at radius 1 is 0.724 bits per heavy atom. The largest absolute Gasteiger partial charge is 0.392 e. The molecule has 0 aliphatic rings. The summed E-state index contributed by atoms with van der Waals surface area (Å²) in [4.78, 5) is 8.35. The minimum atomic E-state index is 0.0335. The molecule has 6 rings (SSSR count). The molecule has 0 aliphatic carbocycles. The number of hydrogen-bond donors (Lipinski definition) is 2. The van der Waals surface area contributed by atoms with Crippen LogP contribution in [0, 0.1) is 0 Å². The summed E-state index contributed by atoms with van der Waals surface area (Å²) in [5.41, 5.74) is 5.02. The van der Waals surface area contributed by atoms with Gasteiger partial charge in [0, 0.05) is 28.0 Å². The number of nitrogens with one attached hydrogen (secondary N) is 1. The van der Waals surface area contributed by atoms with Gasteiger partial charge >= 0.3 is 0 Å². The predicted octanol–water partition coefficient (Wildman–Crippen LogP) is 6.18. The quantitative estimate of drug-likeness (QED) is 0.355. The van der Waals surface area contributed by atoms with E-state index in [1.54, 1.807) is 0 Å². The van der Waals surface area contributed by atoms with E-state index < -0.39 is 0 Å². The summed E-state index contributed by atoms with van der Waals surface area (Å²) < 4.78 is 0. The van der Waals surface area contributed by atoms with Crippen LogP contribution in [-0.2, 0) is 6.61 Å². The van der Waals surface area contributed by atoms with E-state index in [0.29, 0.717) is 0 Å². The highest BCUT2D eigenvalue weighted by Crippen LogP contribution is 2.38. The maximum absolute atomic E-state index is 9.50. The van der Waals surface area contributed by atoms with Gasteiger partial charge in [0.15, 0.2) is 0 Å². The van der Waals surface area contributed by atoms with Gasteiger partial charge in [0.2, 0.25) is 0 Å². The topological polar surface area (TPSA) is 48.9 Å². The number of pyridine rings is 1. The molecule has 6 aromatic rings. The zero-order valence-corrected chi connectivity index (χ0v) is 15.7. The average Bonchev–Trinajstić information content (AvgIpc) is 3.16. The van der Waals surface area contributed by atoms with E-state index >= 15 is 0 Å². The number of nitrogens with zero attached hydrogens (tertiary/aromatic N) is 1. The van der Waals surface area contributed by atoms with Crippen LogP contribution in [0.15, 0.2) is 85.1 Å². The van der Waals surface area contributed by atoms with Gasteiger partial charge in [-0.1, -0.05) is 60.7 Å². The highest BCUT2D eigenvalue weighted by Gasteiger charge is 2.15. The van der Waals surface area contributed by atoms with Crippen molar-refractivity contribution in [3.8, 4) is 11.3 Å². The normalized spacial score (nSPS) is 11.8. The highest BCUT2D eigenvalue weighted by atomic mass is 16.3. The average molecular weight is 374 g/mol. The molecule has 3 nitrogen and oxygen atoms in total. The summed E-state index contributed by atoms with van der Waals surface area (Å²) in [6, 6.07) is 27.4. The molecule has 0 spiro atoms. The van der Waals surface area contributed by atoms with Crippen molar-refractivity contribution >= 4 is 43.4 Å². The lowest BCUT2D eigenvalue weighted by atomic mass is 9.95. The number of aromatic amines is 1. The van der Waals surface area contributed by atoms with E-state index in [1.807, 2.05) is 18.3 Å². The van der Waals surface area contributed by atoms with Crippen LogP contribution in [0.5, 0.6) is 0 Å². The SMILES string of the molecule is OCc1ccc2c(c1)[nH]c1c(-c3cc4ccccc4c4ccccc34)nccc12. The fourth-order valence-electron chi connectivity index (χ4n) is 4.43. The van der Waals surface area contributed by atoms with E-state index in [-0.39, 0.29) is 6.61 Å². The maximum atomic E-state index is 9.50. The first-order valence-electron chi connectivity index (χ1n) is 9.74. The molecule has 0 radical (unpaired) electrons. The number of aliphatic hydroxyl groups is 1. The lowest BCUT2D eigenvalue weighted by Gasteiger charge is -2.11. The Hall–Kier alpha value is -3.69. The number of benzene rings is 4. The third-order valence-electron chi connectivity index (χ3n) is 5.79. The van der Waals surface area contributed by atoms with Crippen LogP contribution in [0.3, 0.4) is 0 Å². The third kappa shape index (κ3) is 2.38. The molecule has 0 aliphatic heterocycles. The van der Waals surface area contributed by atoms with Gasteiger partial charge in [-0.05, 0) is 45.3 Å². The molecule has 0 saturated heterocycles. The second kappa shape index (κ2) is 6.16. The molecule has 4 aromatic carbocycles. The number of H-pyrrole nitrogens is 1. The first-order chi connectivity index (χ1) is 14.3. The van der Waals surface area contributed by atoms with Gasteiger partial charge in [-0.3, -0.25) is 4.98 Å². The van der Waals surface area contributed by atoms with Crippen molar-refractivity contribution < 1.29 is 5.11 Å². The van der Waals surface area contributed by atoms with Gasteiger partial charge in [0.1, 0.15) is 0 Å². The van der Waals surface area contributed by atoms with Gasteiger partial charge in [-0.2, -0.15) is 0 Å². The Bertz CT molecular complexity index is 1550. The zero-order valence-electron chi connectivity index (χ0n) is 15.7. The molecular formula is C26H18N2O. The minimum absolute atomic E-state index is 0.0335. The van der Waals surface area contributed by atoms with Crippen molar-refractivity contribution in [2.75, 3.05) is 0 Å². The smallest absolute Gasteiger partial charge is 0.0949 e. The molecule has 3 heteroatoms. The minimum Gasteiger partial charge on any atom is -0.392 e. The lowest BCUT2D eigenvalue weighted by Crippen LogP contribution is -1.89. The molecule has 0 unspecified atom stereocenters. The van der Waals surface area contributed by atoms with Crippen molar-refractivity contribution in [2.24, 2.45) is 0 Å². The zero-order chi connectivity index (χ0) is 19.4. The lowest BCUT2D eigenvalue weighted by molar-refractivity contribution is 0.282. The Kier molecular flexibility index (Phi) is 3.46. The number of hydrogen-bond acceptors (Lipinski definition) is 2. The van der Waals surface area contributed by atoms with Crippen LogP contribution >= 0.6 is 0 Å². The van der Waals surface area contributed by atoms with Gasteiger partial charge in [0.05, 0.1) is 17.8 Å². The summed E-state index contributed by atoms with van der Waals surface area (Å²) in [5.74, 6) is 0. The molecule has 2 heterocycles. The van der Waals surface area contributed by atoms with Crippen molar-refractivity contribution in [1.82, 2.24) is 9.97 Å². The molecule has 0 amide bonds. The summed E-state index contributed by atoms with van der Waals surface area (Å²) >= 11 is 0. The van der Waals surface area contributed by atoms with Gasteiger partial charge in [0.25, 0.3) is 0 Å². The molecule has 0 fully saturated rings. The number of aromatic nitrogens is 2. The highest BCUT2D eigenvalue weighted by molar-refractivity contribution is 6.17. The second-order valence-electron chi connectivity index (χ2n) is 7.44. The van der Waals surface area contributed by atoms with Crippen LogP contribution in [-0.4, -0.2) is 15.1 Å². The molecule has 138 valence electrons. The molecule has 0 saturated carbocycles. The summed E-state index contributed by atoms with van der Waals surface area (Å²) in [5, 5.41) is 16.7. The first kappa shape index (κ1) is 16.3. The Balaban J connectivity index is 1.74. The van der Waals surface area contributed by atoms with E-state index in [4.69, 9.17) is 4.98 Å². The Morgan fingerprint density at radius 3 is 2.38 bits per heavy atom. The molecule has 2 aromatic heterocycles. The van der Waals surface area contributed by atoms with E-state index in [0.717, 1.165) is 38.6 Å². The third-order valence-corrected chi connectivity index (χ3v) is 5.79.